The Morgan fingerprint density at radius 3 is 3.06 bits per heavy atom. The first-order chi connectivity index (χ1) is 8.74. The quantitative estimate of drug-likeness (QED) is 0.833. The van der Waals surface area contributed by atoms with Crippen LogP contribution in [0.5, 0.6) is 0 Å². The number of hydrogen-bond acceptors (Lipinski definition) is 4. The van der Waals surface area contributed by atoms with Gasteiger partial charge in [-0.05, 0) is 36.2 Å². The molecule has 2 fully saturated rings. The minimum Gasteiger partial charge on any atom is -0.374 e. The Morgan fingerprint density at radius 1 is 1.44 bits per heavy atom. The molecular weight excluding hydrogens is 244 g/mol. The summed E-state index contributed by atoms with van der Waals surface area (Å²) in [5, 5.41) is 4.42. The van der Waals surface area contributed by atoms with Crippen LogP contribution in [-0.4, -0.2) is 54.2 Å². The van der Waals surface area contributed by atoms with Crippen LogP contribution in [0, 0.1) is 0 Å². The Labute approximate surface area is 113 Å². The lowest BCUT2D eigenvalue weighted by Crippen LogP contribution is -2.53. The van der Waals surface area contributed by atoms with E-state index in [0.717, 1.165) is 32.8 Å². The molecule has 18 heavy (non-hydrogen) atoms. The molecular formula is C14H22N2OS. The molecule has 1 aromatic heterocycles. The summed E-state index contributed by atoms with van der Waals surface area (Å²) in [4.78, 5) is 5.15. The van der Waals surface area contributed by atoms with Crippen molar-refractivity contribution in [3.8, 4) is 0 Å². The van der Waals surface area contributed by atoms with Crippen LogP contribution in [0.3, 0.4) is 0 Å². The van der Waals surface area contributed by atoms with Crippen LogP contribution in [0.4, 0.5) is 0 Å². The summed E-state index contributed by atoms with van der Waals surface area (Å²) < 4.78 is 5.95. The molecule has 0 aliphatic carbocycles. The molecule has 2 saturated heterocycles. The van der Waals surface area contributed by atoms with E-state index in [-0.39, 0.29) is 0 Å². The highest BCUT2D eigenvalue weighted by atomic mass is 32.1. The van der Waals surface area contributed by atoms with Crippen molar-refractivity contribution in [1.29, 1.82) is 0 Å². The standard InChI is InChI=1S/C14H22N2OS/c1-11(2)16-4-5-17-14-9-15(8-13(14)16)7-12-3-6-18-10-12/h3,6,10-11,13-14H,4-5,7-9H2,1-2H3/t13-,14-/m0/s1. The van der Waals surface area contributed by atoms with Crippen molar-refractivity contribution in [2.75, 3.05) is 26.2 Å². The van der Waals surface area contributed by atoms with Crippen LogP contribution in [0.1, 0.15) is 19.4 Å². The smallest absolute Gasteiger partial charge is 0.0870 e. The number of fused-ring (bicyclic) bond motifs is 1. The van der Waals surface area contributed by atoms with Crippen LogP contribution in [0.2, 0.25) is 0 Å². The second-order valence-corrected chi connectivity index (χ2v) is 6.41. The third kappa shape index (κ3) is 2.48. The fourth-order valence-corrected chi connectivity index (χ4v) is 3.86. The van der Waals surface area contributed by atoms with E-state index in [4.69, 9.17) is 4.74 Å². The fraction of sp³-hybridized carbons (Fsp3) is 0.714. The molecule has 2 aliphatic rings. The minimum absolute atomic E-state index is 0.416. The number of thiophene rings is 1. The Bertz CT molecular complexity index is 379. The molecule has 100 valence electrons. The predicted octanol–water partition coefficient (Wildman–Crippen LogP) is 2.04. The van der Waals surface area contributed by atoms with Gasteiger partial charge in [0.2, 0.25) is 0 Å². The normalized spacial score (nSPS) is 29.9. The zero-order valence-electron chi connectivity index (χ0n) is 11.2. The van der Waals surface area contributed by atoms with Crippen LogP contribution < -0.4 is 0 Å². The first-order valence-electron chi connectivity index (χ1n) is 6.85. The average Bonchev–Trinajstić information content (AvgIpc) is 2.96. The van der Waals surface area contributed by atoms with Crippen LogP contribution >= 0.6 is 11.3 Å². The van der Waals surface area contributed by atoms with Crippen molar-refractivity contribution >= 4 is 11.3 Å². The van der Waals surface area contributed by atoms with Gasteiger partial charge in [0.1, 0.15) is 0 Å². The Morgan fingerprint density at radius 2 is 2.33 bits per heavy atom. The molecule has 0 saturated carbocycles. The van der Waals surface area contributed by atoms with Gasteiger partial charge in [0.05, 0.1) is 18.8 Å². The molecule has 0 bridgehead atoms. The van der Waals surface area contributed by atoms with Crippen LogP contribution in [-0.2, 0) is 11.3 Å². The minimum atomic E-state index is 0.416. The van der Waals surface area contributed by atoms with Crippen molar-refractivity contribution in [3.05, 3.63) is 22.4 Å². The molecule has 0 spiro atoms. The molecule has 3 heterocycles. The highest BCUT2D eigenvalue weighted by Gasteiger charge is 2.40. The number of rotatable bonds is 3. The van der Waals surface area contributed by atoms with Gasteiger partial charge in [0, 0.05) is 32.2 Å². The summed E-state index contributed by atoms with van der Waals surface area (Å²) in [6, 6.07) is 3.45. The van der Waals surface area contributed by atoms with Gasteiger partial charge in [-0.25, -0.2) is 0 Å². The molecule has 0 radical (unpaired) electrons. The lowest BCUT2D eigenvalue weighted by atomic mass is 10.1. The molecule has 3 nitrogen and oxygen atoms in total. The molecule has 0 N–H and O–H groups in total. The zero-order chi connectivity index (χ0) is 12.5. The van der Waals surface area contributed by atoms with Crippen molar-refractivity contribution in [2.24, 2.45) is 0 Å². The topological polar surface area (TPSA) is 15.7 Å². The summed E-state index contributed by atoms with van der Waals surface area (Å²) in [6.07, 6.45) is 0.416. The van der Waals surface area contributed by atoms with Gasteiger partial charge in [-0.1, -0.05) is 0 Å². The van der Waals surface area contributed by atoms with Gasteiger partial charge in [-0.3, -0.25) is 9.80 Å². The maximum atomic E-state index is 5.95. The van der Waals surface area contributed by atoms with Crippen molar-refractivity contribution in [1.82, 2.24) is 9.80 Å². The molecule has 1 aromatic rings. The second-order valence-electron chi connectivity index (χ2n) is 5.63. The molecule has 4 heteroatoms. The predicted molar refractivity (Wildman–Crippen MR) is 75.0 cm³/mol. The van der Waals surface area contributed by atoms with Crippen molar-refractivity contribution < 1.29 is 4.74 Å². The maximum Gasteiger partial charge on any atom is 0.0870 e. The molecule has 0 aromatic carbocycles. The van der Waals surface area contributed by atoms with E-state index in [1.807, 2.05) is 0 Å². The lowest BCUT2D eigenvalue weighted by Gasteiger charge is -2.39. The van der Waals surface area contributed by atoms with E-state index >= 15 is 0 Å². The van der Waals surface area contributed by atoms with Gasteiger partial charge in [0.15, 0.2) is 0 Å². The molecule has 2 aliphatic heterocycles. The molecule has 2 atom stereocenters. The third-order valence-electron chi connectivity index (χ3n) is 4.07. The average molecular weight is 266 g/mol. The molecule has 0 unspecified atom stereocenters. The van der Waals surface area contributed by atoms with Crippen LogP contribution in [0.25, 0.3) is 0 Å². The maximum absolute atomic E-state index is 5.95. The largest absolute Gasteiger partial charge is 0.374 e. The fourth-order valence-electron chi connectivity index (χ4n) is 3.20. The van der Waals surface area contributed by atoms with Gasteiger partial charge >= 0.3 is 0 Å². The number of nitrogens with zero attached hydrogens (tertiary/aromatic N) is 2. The van der Waals surface area contributed by atoms with E-state index in [0.29, 0.717) is 18.2 Å². The van der Waals surface area contributed by atoms with E-state index < -0.39 is 0 Å². The van der Waals surface area contributed by atoms with E-state index in [9.17, 15) is 0 Å². The number of ether oxygens (including phenoxy) is 1. The Hall–Kier alpha value is -0.420. The second kappa shape index (κ2) is 5.29. The third-order valence-corrected chi connectivity index (χ3v) is 4.80. The Kier molecular flexibility index (Phi) is 3.71. The van der Waals surface area contributed by atoms with E-state index in [1.54, 1.807) is 11.3 Å². The number of hydrogen-bond donors (Lipinski definition) is 0. The summed E-state index contributed by atoms with van der Waals surface area (Å²) in [6.45, 7) is 9.89. The first kappa shape index (κ1) is 12.6. The lowest BCUT2D eigenvalue weighted by molar-refractivity contribution is -0.0583. The van der Waals surface area contributed by atoms with Gasteiger partial charge in [-0.15, -0.1) is 0 Å². The van der Waals surface area contributed by atoms with E-state index in [1.165, 1.54) is 5.56 Å². The number of morpholine rings is 1. The SMILES string of the molecule is CC(C)N1CCO[C@H]2CN(Cc3ccsc3)C[C@@H]21. The van der Waals surface area contributed by atoms with Gasteiger partial charge in [0.25, 0.3) is 0 Å². The highest BCUT2D eigenvalue weighted by molar-refractivity contribution is 7.07. The number of likely N-dealkylation sites (tertiary alicyclic amines) is 1. The zero-order valence-corrected chi connectivity index (χ0v) is 12.0. The summed E-state index contributed by atoms with van der Waals surface area (Å²) in [5.74, 6) is 0. The van der Waals surface area contributed by atoms with Gasteiger partial charge in [-0.2, -0.15) is 11.3 Å². The van der Waals surface area contributed by atoms with E-state index in [2.05, 4.69) is 40.5 Å². The molecule has 0 amide bonds. The molecule has 3 rings (SSSR count). The highest BCUT2D eigenvalue weighted by Crippen LogP contribution is 2.26. The van der Waals surface area contributed by atoms with Gasteiger partial charge < -0.3 is 4.74 Å². The Balaban J connectivity index is 1.65. The summed E-state index contributed by atoms with van der Waals surface area (Å²) >= 11 is 1.79. The van der Waals surface area contributed by atoms with Crippen molar-refractivity contribution in [3.63, 3.8) is 0 Å². The summed E-state index contributed by atoms with van der Waals surface area (Å²) in [7, 11) is 0. The first-order valence-corrected chi connectivity index (χ1v) is 7.79. The van der Waals surface area contributed by atoms with Crippen molar-refractivity contribution in [2.45, 2.75) is 38.6 Å². The monoisotopic (exact) mass is 266 g/mol. The van der Waals surface area contributed by atoms with Crippen LogP contribution in [0.15, 0.2) is 16.8 Å². The summed E-state index contributed by atoms with van der Waals surface area (Å²) in [5.41, 5.74) is 1.44.